The number of carboxylic acid groups (broad SMARTS) is 2. The minimum atomic E-state index is -2.79. The number of aliphatic hydroxyl groups is 1. The summed E-state index contributed by atoms with van der Waals surface area (Å²) in [5.41, 5.74) is -2.79. The molecule has 0 aliphatic carbocycles. The lowest BCUT2D eigenvalue weighted by Gasteiger charge is -2.19. The molecule has 8 nitrogen and oxygen atoms in total. The molecule has 1 unspecified atom stereocenters. The van der Waals surface area contributed by atoms with E-state index in [2.05, 4.69) is 11.7 Å². The third kappa shape index (κ3) is 15.0. The number of esters is 2. The molecule has 0 saturated carbocycles. The standard InChI is InChI=1S/C22H38O8/c1-2-3-4-5-6-7-8-9-10-11-12-13-14-15-19(25)30-20(26)17-22(29,21(27)28)16-18(23)24/h29H,2-17H2,1H3,(H,23,24)(H,27,28). The Bertz CT molecular complexity index is 531. The number of carboxylic acids is 2. The van der Waals surface area contributed by atoms with Gasteiger partial charge in [-0.2, -0.15) is 0 Å². The zero-order chi connectivity index (χ0) is 22.8. The minimum absolute atomic E-state index is 0.0218. The second-order valence-corrected chi connectivity index (χ2v) is 7.92. The van der Waals surface area contributed by atoms with Crippen molar-refractivity contribution in [2.75, 3.05) is 0 Å². The van der Waals surface area contributed by atoms with Gasteiger partial charge in [-0.3, -0.25) is 14.4 Å². The number of carbonyl (C=O) groups is 4. The predicted molar refractivity (Wildman–Crippen MR) is 111 cm³/mol. The molecule has 0 aliphatic rings. The second-order valence-electron chi connectivity index (χ2n) is 7.92. The van der Waals surface area contributed by atoms with Crippen LogP contribution < -0.4 is 0 Å². The molecule has 0 heterocycles. The molecule has 0 aromatic rings. The number of ether oxygens (including phenoxy) is 1. The van der Waals surface area contributed by atoms with Crippen molar-refractivity contribution in [1.82, 2.24) is 0 Å². The third-order valence-corrected chi connectivity index (χ3v) is 4.99. The number of carbonyl (C=O) groups excluding carboxylic acids is 2. The summed E-state index contributed by atoms with van der Waals surface area (Å²) in [5.74, 6) is -5.48. The van der Waals surface area contributed by atoms with Crippen LogP contribution in [-0.4, -0.2) is 44.8 Å². The molecule has 0 aliphatic heterocycles. The van der Waals surface area contributed by atoms with Crippen LogP contribution >= 0.6 is 0 Å². The normalized spacial score (nSPS) is 12.9. The van der Waals surface area contributed by atoms with E-state index in [-0.39, 0.29) is 6.42 Å². The number of hydrogen-bond donors (Lipinski definition) is 3. The first-order chi connectivity index (χ1) is 14.2. The van der Waals surface area contributed by atoms with Gasteiger partial charge in [0.05, 0.1) is 12.8 Å². The fraction of sp³-hybridized carbons (Fsp3) is 0.818. The molecule has 8 heteroatoms. The number of unbranched alkanes of at least 4 members (excludes halogenated alkanes) is 12. The van der Waals surface area contributed by atoms with E-state index in [9.17, 15) is 24.3 Å². The highest BCUT2D eigenvalue weighted by molar-refractivity contribution is 5.92. The maximum Gasteiger partial charge on any atom is 0.336 e. The van der Waals surface area contributed by atoms with Gasteiger partial charge in [-0.1, -0.05) is 84.0 Å². The van der Waals surface area contributed by atoms with E-state index >= 15 is 0 Å². The zero-order valence-corrected chi connectivity index (χ0v) is 18.2. The van der Waals surface area contributed by atoms with Crippen molar-refractivity contribution in [1.29, 1.82) is 0 Å². The van der Waals surface area contributed by atoms with Crippen LogP contribution in [0.4, 0.5) is 0 Å². The fourth-order valence-electron chi connectivity index (χ4n) is 3.20. The number of rotatable bonds is 19. The van der Waals surface area contributed by atoms with E-state index in [1.807, 2.05) is 0 Å². The third-order valence-electron chi connectivity index (χ3n) is 4.99. The molecule has 0 bridgehead atoms. The summed E-state index contributed by atoms with van der Waals surface area (Å²) in [6, 6.07) is 0. The molecule has 0 radical (unpaired) electrons. The molecule has 0 fully saturated rings. The molecule has 0 rings (SSSR count). The molecule has 0 spiro atoms. The highest BCUT2D eigenvalue weighted by Crippen LogP contribution is 2.18. The monoisotopic (exact) mass is 430 g/mol. The van der Waals surface area contributed by atoms with Crippen molar-refractivity contribution in [2.24, 2.45) is 0 Å². The SMILES string of the molecule is CCCCCCCCCCCCCCCC(=O)OC(=O)CC(O)(CC(=O)O)C(=O)O. The lowest BCUT2D eigenvalue weighted by molar-refractivity contribution is -0.174. The zero-order valence-electron chi connectivity index (χ0n) is 18.2. The van der Waals surface area contributed by atoms with E-state index < -0.39 is 42.3 Å². The highest BCUT2D eigenvalue weighted by Gasteiger charge is 2.41. The molecule has 174 valence electrons. The Kier molecular flexibility index (Phi) is 15.7. The summed E-state index contributed by atoms with van der Waals surface area (Å²) in [6.07, 6.45) is 12.8. The van der Waals surface area contributed by atoms with Gasteiger partial charge in [0.2, 0.25) is 0 Å². The molecule has 0 amide bonds. The van der Waals surface area contributed by atoms with Crippen molar-refractivity contribution in [3.8, 4) is 0 Å². The highest BCUT2D eigenvalue weighted by atomic mass is 16.6. The second kappa shape index (κ2) is 16.8. The van der Waals surface area contributed by atoms with Gasteiger partial charge in [0.25, 0.3) is 0 Å². The number of aliphatic carboxylic acids is 2. The Morgan fingerprint density at radius 2 is 1.10 bits per heavy atom. The molecule has 1 atom stereocenters. The first-order valence-corrected chi connectivity index (χ1v) is 11.1. The van der Waals surface area contributed by atoms with Gasteiger partial charge < -0.3 is 20.1 Å². The van der Waals surface area contributed by atoms with Gasteiger partial charge in [-0.05, 0) is 6.42 Å². The Labute approximate surface area is 179 Å². The molecule has 0 aromatic heterocycles. The van der Waals surface area contributed by atoms with Gasteiger partial charge >= 0.3 is 23.9 Å². The summed E-state index contributed by atoms with van der Waals surface area (Å²) >= 11 is 0. The van der Waals surface area contributed by atoms with Crippen LogP contribution in [0.2, 0.25) is 0 Å². The van der Waals surface area contributed by atoms with Crippen LogP contribution in [0, 0.1) is 0 Å². The molecule has 3 N–H and O–H groups in total. The molecule has 0 saturated heterocycles. The summed E-state index contributed by atoms with van der Waals surface area (Å²) < 4.78 is 4.49. The summed E-state index contributed by atoms with van der Waals surface area (Å²) in [6.45, 7) is 2.22. The Hall–Kier alpha value is -1.96. The van der Waals surface area contributed by atoms with Gasteiger partial charge in [0, 0.05) is 6.42 Å². The first kappa shape index (κ1) is 28.0. The average molecular weight is 431 g/mol. The lowest BCUT2D eigenvalue weighted by atomic mass is 9.96. The summed E-state index contributed by atoms with van der Waals surface area (Å²) in [5, 5.41) is 27.3. The van der Waals surface area contributed by atoms with Gasteiger partial charge in [0.1, 0.15) is 0 Å². The van der Waals surface area contributed by atoms with Crippen LogP contribution in [0.1, 0.15) is 110 Å². The summed E-state index contributed by atoms with van der Waals surface area (Å²) in [7, 11) is 0. The predicted octanol–water partition coefficient (Wildman–Crippen LogP) is 4.22. The molecular formula is C22H38O8. The van der Waals surface area contributed by atoms with Crippen molar-refractivity contribution >= 4 is 23.9 Å². The quantitative estimate of drug-likeness (QED) is 0.157. The Balaban J connectivity index is 3.74. The van der Waals surface area contributed by atoms with Crippen LogP contribution in [0.25, 0.3) is 0 Å². The van der Waals surface area contributed by atoms with Crippen molar-refractivity contribution in [3.05, 3.63) is 0 Å². The smallest absolute Gasteiger partial charge is 0.336 e. The maximum atomic E-state index is 11.6. The van der Waals surface area contributed by atoms with E-state index in [1.165, 1.54) is 57.8 Å². The summed E-state index contributed by atoms with van der Waals surface area (Å²) in [4.78, 5) is 44.9. The van der Waals surface area contributed by atoms with Crippen molar-refractivity contribution in [2.45, 2.75) is 115 Å². The van der Waals surface area contributed by atoms with Crippen LogP contribution in [0.15, 0.2) is 0 Å². The average Bonchev–Trinajstić information content (AvgIpc) is 2.64. The van der Waals surface area contributed by atoms with Gasteiger partial charge in [0.15, 0.2) is 5.60 Å². The molecule has 30 heavy (non-hydrogen) atoms. The van der Waals surface area contributed by atoms with Gasteiger partial charge in [-0.25, -0.2) is 4.79 Å². The van der Waals surface area contributed by atoms with Crippen LogP contribution in [0.3, 0.4) is 0 Å². The van der Waals surface area contributed by atoms with Crippen molar-refractivity contribution in [3.63, 3.8) is 0 Å². The molecular weight excluding hydrogens is 392 g/mol. The topological polar surface area (TPSA) is 138 Å². The minimum Gasteiger partial charge on any atom is -0.481 e. The fourth-order valence-corrected chi connectivity index (χ4v) is 3.20. The van der Waals surface area contributed by atoms with E-state index in [0.29, 0.717) is 6.42 Å². The van der Waals surface area contributed by atoms with Crippen molar-refractivity contribution < 1.29 is 39.2 Å². The van der Waals surface area contributed by atoms with E-state index in [0.717, 1.165) is 19.3 Å². The van der Waals surface area contributed by atoms with E-state index in [1.54, 1.807) is 0 Å². The Morgan fingerprint density at radius 3 is 1.50 bits per heavy atom. The largest absolute Gasteiger partial charge is 0.481 e. The van der Waals surface area contributed by atoms with Crippen LogP contribution in [-0.2, 0) is 23.9 Å². The first-order valence-electron chi connectivity index (χ1n) is 11.1. The Morgan fingerprint density at radius 1 is 0.667 bits per heavy atom. The lowest BCUT2D eigenvalue weighted by Crippen LogP contribution is -2.43. The maximum absolute atomic E-state index is 11.6. The number of hydrogen-bond acceptors (Lipinski definition) is 6. The van der Waals surface area contributed by atoms with E-state index in [4.69, 9.17) is 10.2 Å². The van der Waals surface area contributed by atoms with Crippen LogP contribution in [0.5, 0.6) is 0 Å². The molecule has 0 aromatic carbocycles. The van der Waals surface area contributed by atoms with Gasteiger partial charge in [-0.15, -0.1) is 0 Å².